The van der Waals surface area contributed by atoms with Crippen molar-refractivity contribution in [2.24, 2.45) is 11.8 Å². The van der Waals surface area contributed by atoms with Gasteiger partial charge >= 0.3 is 5.97 Å². The van der Waals surface area contributed by atoms with Crippen LogP contribution in [0.2, 0.25) is 0 Å². The summed E-state index contributed by atoms with van der Waals surface area (Å²) in [6.45, 7) is 2.12. The first-order valence-corrected chi connectivity index (χ1v) is 10.2. The molecule has 1 unspecified atom stereocenters. The van der Waals surface area contributed by atoms with Crippen molar-refractivity contribution in [3.8, 4) is 0 Å². The van der Waals surface area contributed by atoms with Crippen LogP contribution in [-0.2, 0) is 9.59 Å². The number of carbonyl (C=O) groups excluding carboxylic acids is 1. The first-order valence-electron chi connectivity index (χ1n) is 10.2. The van der Waals surface area contributed by atoms with Crippen LogP contribution < -0.4 is 0 Å². The fourth-order valence-corrected chi connectivity index (χ4v) is 3.69. The fourth-order valence-electron chi connectivity index (χ4n) is 3.69. The summed E-state index contributed by atoms with van der Waals surface area (Å²) in [6.07, 6.45) is 12.5. The summed E-state index contributed by atoms with van der Waals surface area (Å²) in [7, 11) is 0. The molecule has 5 heteroatoms. The van der Waals surface area contributed by atoms with Gasteiger partial charge in [-0.3, -0.25) is 4.79 Å². The second kappa shape index (κ2) is 13.0. The smallest absolute Gasteiger partial charge is 0.332 e. The SMILES string of the molecule is CCCC[C@H](O)CC=C[C@H]1CCC(=O)[C@@H]1CCCCCCC(O)C(=O)O. The zero-order chi connectivity index (χ0) is 19.4. The van der Waals surface area contributed by atoms with Gasteiger partial charge in [0, 0.05) is 12.3 Å². The van der Waals surface area contributed by atoms with Gasteiger partial charge in [-0.15, -0.1) is 0 Å². The van der Waals surface area contributed by atoms with Crippen molar-refractivity contribution in [1.29, 1.82) is 0 Å². The van der Waals surface area contributed by atoms with Gasteiger partial charge in [0.2, 0.25) is 0 Å². The third-order valence-electron chi connectivity index (χ3n) is 5.36. The molecule has 1 aliphatic carbocycles. The van der Waals surface area contributed by atoms with E-state index < -0.39 is 12.1 Å². The van der Waals surface area contributed by atoms with Gasteiger partial charge < -0.3 is 15.3 Å². The largest absolute Gasteiger partial charge is 0.479 e. The van der Waals surface area contributed by atoms with E-state index in [1.807, 2.05) is 6.08 Å². The van der Waals surface area contributed by atoms with E-state index >= 15 is 0 Å². The van der Waals surface area contributed by atoms with Crippen molar-refractivity contribution in [3.63, 3.8) is 0 Å². The second-order valence-corrected chi connectivity index (χ2v) is 7.58. The van der Waals surface area contributed by atoms with Crippen molar-refractivity contribution < 1.29 is 24.9 Å². The minimum Gasteiger partial charge on any atom is -0.479 e. The molecule has 26 heavy (non-hydrogen) atoms. The highest BCUT2D eigenvalue weighted by Crippen LogP contribution is 2.34. The van der Waals surface area contributed by atoms with Crippen molar-refractivity contribution in [3.05, 3.63) is 12.2 Å². The third kappa shape index (κ3) is 8.95. The molecule has 1 rings (SSSR count). The highest BCUT2D eigenvalue weighted by molar-refractivity contribution is 5.83. The van der Waals surface area contributed by atoms with Crippen LogP contribution in [0.1, 0.15) is 84.0 Å². The van der Waals surface area contributed by atoms with Gasteiger partial charge in [0.1, 0.15) is 5.78 Å². The highest BCUT2D eigenvalue weighted by Gasteiger charge is 2.32. The van der Waals surface area contributed by atoms with E-state index in [-0.39, 0.29) is 12.0 Å². The van der Waals surface area contributed by atoms with Gasteiger partial charge in [0.05, 0.1) is 6.10 Å². The van der Waals surface area contributed by atoms with Crippen molar-refractivity contribution >= 4 is 11.8 Å². The van der Waals surface area contributed by atoms with Crippen molar-refractivity contribution in [1.82, 2.24) is 0 Å². The van der Waals surface area contributed by atoms with E-state index in [2.05, 4.69) is 13.0 Å². The number of ketones is 1. The molecule has 0 aromatic rings. The molecular formula is C21H36O5. The minimum absolute atomic E-state index is 0.101. The molecule has 3 N–H and O–H groups in total. The Morgan fingerprint density at radius 2 is 1.88 bits per heavy atom. The van der Waals surface area contributed by atoms with Gasteiger partial charge in [-0.05, 0) is 38.0 Å². The number of aliphatic carboxylic acids is 1. The Morgan fingerprint density at radius 3 is 2.58 bits per heavy atom. The zero-order valence-corrected chi connectivity index (χ0v) is 16.1. The molecule has 1 saturated carbocycles. The number of hydrogen-bond acceptors (Lipinski definition) is 4. The maximum absolute atomic E-state index is 12.1. The Morgan fingerprint density at radius 1 is 1.15 bits per heavy atom. The van der Waals surface area contributed by atoms with E-state index in [0.29, 0.717) is 37.4 Å². The van der Waals surface area contributed by atoms with Crippen LogP contribution in [0.5, 0.6) is 0 Å². The summed E-state index contributed by atoms with van der Waals surface area (Å²) in [4.78, 5) is 22.7. The summed E-state index contributed by atoms with van der Waals surface area (Å²) in [5.74, 6) is -0.401. The monoisotopic (exact) mass is 368 g/mol. The summed E-state index contributed by atoms with van der Waals surface area (Å²) in [5, 5.41) is 27.7. The van der Waals surface area contributed by atoms with Gasteiger partial charge in [-0.25, -0.2) is 4.79 Å². The quantitative estimate of drug-likeness (QED) is 0.320. The lowest BCUT2D eigenvalue weighted by Crippen LogP contribution is -2.18. The van der Waals surface area contributed by atoms with Gasteiger partial charge in [0.25, 0.3) is 0 Å². The molecule has 0 aliphatic heterocycles. The summed E-state index contributed by atoms with van der Waals surface area (Å²) >= 11 is 0. The molecule has 0 aromatic heterocycles. The molecular weight excluding hydrogens is 332 g/mol. The van der Waals surface area contributed by atoms with E-state index in [1.165, 1.54) is 0 Å². The maximum atomic E-state index is 12.1. The number of aliphatic hydroxyl groups excluding tert-OH is 2. The molecule has 0 heterocycles. The average Bonchev–Trinajstić information content (AvgIpc) is 2.95. The Balaban J connectivity index is 2.24. The number of unbranched alkanes of at least 4 members (excludes halogenated alkanes) is 4. The fraction of sp³-hybridized carbons (Fsp3) is 0.810. The molecule has 150 valence electrons. The van der Waals surface area contributed by atoms with Crippen LogP contribution in [-0.4, -0.2) is 39.3 Å². The van der Waals surface area contributed by atoms with Crippen LogP contribution in [0.15, 0.2) is 12.2 Å². The van der Waals surface area contributed by atoms with Crippen LogP contribution in [0.4, 0.5) is 0 Å². The summed E-state index contributed by atoms with van der Waals surface area (Å²) < 4.78 is 0. The van der Waals surface area contributed by atoms with E-state index in [9.17, 15) is 19.8 Å². The topological polar surface area (TPSA) is 94.8 Å². The van der Waals surface area contributed by atoms with Crippen LogP contribution in [0.25, 0.3) is 0 Å². The molecule has 0 spiro atoms. The zero-order valence-electron chi connectivity index (χ0n) is 16.1. The average molecular weight is 369 g/mol. The number of Topliss-reactive ketones (excluding diaryl/α,β-unsaturated/α-hetero) is 1. The number of carbonyl (C=O) groups is 2. The van der Waals surface area contributed by atoms with E-state index in [0.717, 1.165) is 51.4 Å². The van der Waals surface area contributed by atoms with Crippen molar-refractivity contribution in [2.45, 2.75) is 96.2 Å². The molecule has 5 nitrogen and oxygen atoms in total. The molecule has 1 fully saturated rings. The Labute approximate surface area is 157 Å². The number of rotatable bonds is 14. The van der Waals surface area contributed by atoms with Gasteiger partial charge in [-0.2, -0.15) is 0 Å². The van der Waals surface area contributed by atoms with E-state index in [4.69, 9.17) is 5.11 Å². The predicted molar refractivity (Wildman–Crippen MR) is 102 cm³/mol. The van der Waals surface area contributed by atoms with Crippen LogP contribution in [0.3, 0.4) is 0 Å². The lowest BCUT2D eigenvalue weighted by molar-refractivity contribution is -0.147. The summed E-state index contributed by atoms with van der Waals surface area (Å²) in [5.41, 5.74) is 0. The maximum Gasteiger partial charge on any atom is 0.332 e. The number of hydrogen-bond donors (Lipinski definition) is 3. The molecule has 0 saturated heterocycles. The molecule has 1 aliphatic rings. The first kappa shape index (κ1) is 22.8. The highest BCUT2D eigenvalue weighted by atomic mass is 16.4. The van der Waals surface area contributed by atoms with Gasteiger partial charge in [0.15, 0.2) is 6.10 Å². The van der Waals surface area contributed by atoms with Crippen LogP contribution >= 0.6 is 0 Å². The first-order chi connectivity index (χ1) is 12.5. The third-order valence-corrected chi connectivity index (χ3v) is 5.36. The number of carboxylic acids is 1. The lowest BCUT2D eigenvalue weighted by atomic mass is 9.89. The summed E-state index contributed by atoms with van der Waals surface area (Å²) in [6, 6.07) is 0. The molecule has 4 atom stereocenters. The second-order valence-electron chi connectivity index (χ2n) is 7.58. The van der Waals surface area contributed by atoms with Crippen molar-refractivity contribution in [2.75, 3.05) is 0 Å². The Hall–Kier alpha value is -1.20. The number of carboxylic acid groups (broad SMARTS) is 1. The number of allylic oxidation sites excluding steroid dienone is 1. The molecule has 0 amide bonds. The standard InChI is InChI=1S/C21H36O5/c1-2-3-10-17(22)11-8-9-16-14-15-19(23)18(16)12-6-4-5-7-13-20(24)21(25)26/h8-9,16-18,20,22,24H,2-7,10-15H2,1H3,(H,25,26)/t16-,17-,18+,20?/m0/s1. The molecule has 0 radical (unpaired) electrons. The Kier molecular flexibility index (Phi) is 11.5. The van der Waals surface area contributed by atoms with Gasteiger partial charge in [-0.1, -0.05) is 57.6 Å². The molecule has 0 aromatic carbocycles. The lowest BCUT2D eigenvalue weighted by Gasteiger charge is -2.15. The van der Waals surface area contributed by atoms with Crippen LogP contribution in [0, 0.1) is 11.8 Å². The minimum atomic E-state index is -1.26. The predicted octanol–water partition coefficient (Wildman–Crippen LogP) is 3.87. The normalized spacial score (nSPS) is 22.8. The number of aliphatic hydroxyl groups is 2. The molecule has 0 bridgehead atoms. The van der Waals surface area contributed by atoms with E-state index in [1.54, 1.807) is 0 Å². The Bertz CT molecular complexity index is 446.